The molecule has 4 nitrogen and oxygen atoms in total. The fourth-order valence-corrected chi connectivity index (χ4v) is 2.34. The van der Waals surface area contributed by atoms with E-state index in [1.54, 1.807) is 0 Å². The summed E-state index contributed by atoms with van der Waals surface area (Å²) in [6, 6.07) is 15.4. The molecule has 0 spiro atoms. The summed E-state index contributed by atoms with van der Waals surface area (Å²) in [7, 11) is 0. The molecule has 0 unspecified atom stereocenters. The summed E-state index contributed by atoms with van der Waals surface area (Å²) < 4.78 is 6.32. The van der Waals surface area contributed by atoms with Crippen LogP contribution in [0.3, 0.4) is 0 Å². The van der Waals surface area contributed by atoms with Crippen LogP contribution in [0.15, 0.2) is 57.5 Å². The van der Waals surface area contributed by atoms with E-state index < -0.39 is 0 Å². The van der Waals surface area contributed by atoms with Crippen LogP contribution in [-0.2, 0) is 6.42 Å². The Kier molecular flexibility index (Phi) is 3.52. The number of aromatic nitrogens is 2. The van der Waals surface area contributed by atoms with Crippen molar-refractivity contribution in [3.63, 3.8) is 0 Å². The molecule has 0 aliphatic heterocycles. The first kappa shape index (κ1) is 12.9. The third-order valence-corrected chi connectivity index (χ3v) is 3.37. The zero-order valence-electron chi connectivity index (χ0n) is 10.6. The summed E-state index contributed by atoms with van der Waals surface area (Å²) in [4.78, 5) is 4.40. The molecule has 1 aromatic heterocycles. The normalized spacial score (nSPS) is 10.7. The summed E-state index contributed by atoms with van der Waals surface area (Å²) in [6.07, 6.45) is 0.637. The van der Waals surface area contributed by atoms with Gasteiger partial charge in [0, 0.05) is 22.1 Å². The predicted molar refractivity (Wildman–Crippen MR) is 81.1 cm³/mol. The largest absolute Gasteiger partial charge is 0.399 e. The van der Waals surface area contributed by atoms with E-state index in [4.69, 9.17) is 10.3 Å². The summed E-state index contributed by atoms with van der Waals surface area (Å²) in [5.74, 6) is 1.17. The van der Waals surface area contributed by atoms with E-state index in [1.807, 2.05) is 48.5 Å². The van der Waals surface area contributed by atoms with Crippen molar-refractivity contribution in [1.29, 1.82) is 0 Å². The van der Waals surface area contributed by atoms with Gasteiger partial charge in [0.25, 0.3) is 5.89 Å². The highest BCUT2D eigenvalue weighted by Gasteiger charge is 2.09. The molecule has 3 aromatic rings. The van der Waals surface area contributed by atoms with Crippen LogP contribution in [0.5, 0.6) is 0 Å². The minimum Gasteiger partial charge on any atom is -0.399 e. The van der Waals surface area contributed by atoms with Gasteiger partial charge in [0.2, 0.25) is 0 Å². The molecule has 0 atom stereocenters. The summed E-state index contributed by atoms with van der Waals surface area (Å²) in [5.41, 5.74) is 8.36. The Hall–Kier alpha value is -2.14. The van der Waals surface area contributed by atoms with E-state index in [1.165, 1.54) is 0 Å². The SMILES string of the molecule is Nc1ccc(-c2nc(Cc3cccc(Br)c3)no2)cc1. The maximum Gasteiger partial charge on any atom is 0.257 e. The van der Waals surface area contributed by atoms with Crippen LogP contribution >= 0.6 is 15.9 Å². The van der Waals surface area contributed by atoms with Crippen LogP contribution in [0.2, 0.25) is 0 Å². The van der Waals surface area contributed by atoms with E-state index in [0.29, 0.717) is 23.8 Å². The number of nitrogens with two attached hydrogens (primary N) is 1. The number of nitrogen functional groups attached to an aromatic ring is 1. The molecule has 2 N–H and O–H groups in total. The lowest BCUT2D eigenvalue weighted by Crippen LogP contribution is -1.90. The van der Waals surface area contributed by atoms with Gasteiger partial charge in [0.05, 0.1) is 0 Å². The summed E-state index contributed by atoms with van der Waals surface area (Å²) in [5, 5.41) is 4.01. The first-order valence-electron chi connectivity index (χ1n) is 6.14. The standard InChI is InChI=1S/C15H12BrN3O/c16-12-3-1-2-10(8-12)9-14-18-15(20-19-14)11-4-6-13(17)7-5-11/h1-8H,9,17H2. The zero-order valence-corrected chi connectivity index (χ0v) is 12.2. The van der Waals surface area contributed by atoms with Crippen molar-refractivity contribution in [3.8, 4) is 11.5 Å². The molecule has 3 rings (SSSR count). The number of benzene rings is 2. The van der Waals surface area contributed by atoms with Gasteiger partial charge in [0.15, 0.2) is 5.82 Å². The predicted octanol–water partition coefficient (Wildman–Crippen LogP) is 3.67. The highest BCUT2D eigenvalue weighted by Crippen LogP contribution is 2.20. The zero-order chi connectivity index (χ0) is 13.9. The van der Waals surface area contributed by atoms with Crippen molar-refractivity contribution in [2.24, 2.45) is 0 Å². The lowest BCUT2D eigenvalue weighted by molar-refractivity contribution is 0.424. The van der Waals surface area contributed by atoms with E-state index in [9.17, 15) is 0 Å². The van der Waals surface area contributed by atoms with Gasteiger partial charge in [0.1, 0.15) is 0 Å². The Balaban J connectivity index is 1.82. The highest BCUT2D eigenvalue weighted by atomic mass is 79.9. The lowest BCUT2D eigenvalue weighted by atomic mass is 10.1. The molecule has 0 bridgehead atoms. The molecular formula is C15H12BrN3O. The van der Waals surface area contributed by atoms with Crippen molar-refractivity contribution in [2.45, 2.75) is 6.42 Å². The van der Waals surface area contributed by atoms with Crippen LogP contribution in [0.1, 0.15) is 11.4 Å². The fraction of sp³-hybridized carbons (Fsp3) is 0.0667. The van der Waals surface area contributed by atoms with Gasteiger partial charge in [-0.1, -0.05) is 33.2 Å². The number of anilines is 1. The second-order valence-corrected chi connectivity index (χ2v) is 5.36. The molecule has 20 heavy (non-hydrogen) atoms. The molecule has 1 heterocycles. The number of halogens is 1. The monoisotopic (exact) mass is 329 g/mol. The van der Waals surface area contributed by atoms with Crippen LogP contribution in [0.4, 0.5) is 5.69 Å². The van der Waals surface area contributed by atoms with Crippen molar-refractivity contribution in [3.05, 3.63) is 64.4 Å². The molecule has 2 aromatic carbocycles. The molecule has 0 saturated heterocycles. The first-order valence-corrected chi connectivity index (χ1v) is 6.93. The molecule has 0 radical (unpaired) electrons. The smallest absolute Gasteiger partial charge is 0.257 e. The van der Waals surface area contributed by atoms with E-state index >= 15 is 0 Å². The lowest BCUT2D eigenvalue weighted by Gasteiger charge is -1.97. The quantitative estimate of drug-likeness (QED) is 0.744. The Bertz CT molecular complexity index is 722. The second-order valence-electron chi connectivity index (χ2n) is 4.44. The summed E-state index contributed by atoms with van der Waals surface area (Å²) in [6.45, 7) is 0. The number of nitrogens with zero attached hydrogens (tertiary/aromatic N) is 2. The molecular weight excluding hydrogens is 318 g/mol. The summed E-state index contributed by atoms with van der Waals surface area (Å²) >= 11 is 3.45. The van der Waals surface area contributed by atoms with Crippen molar-refractivity contribution in [1.82, 2.24) is 10.1 Å². The van der Waals surface area contributed by atoms with Gasteiger partial charge < -0.3 is 10.3 Å². The topological polar surface area (TPSA) is 64.9 Å². The number of hydrogen-bond donors (Lipinski definition) is 1. The molecule has 0 aliphatic carbocycles. The average Bonchev–Trinajstić information content (AvgIpc) is 2.88. The van der Waals surface area contributed by atoms with Crippen molar-refractivity contribution in [2.75, 3.05) is 5.73 Å². The molecule has 0 aliphatic rings. The Morgan fingerprint density at radius 2 is 1.90 bits per heavy atom. The molecule has 100 valence electrons. The third-order valence-electron chi connectivity index (χ3n) is 2.88. The third kappa shape index (κ3) is 2.88. The van der Waals surface area contributed by atoms with Crippen LogP contribution in [-0.4, -0.2) is 10.1 Å². The Morgan fingerprint density at radius 3 is 2.65 bits per heavy atom. The Morgan fingerprint density at radius 1 is 1.10 bits per heavy atom. The van der Waals surface area contributed by atoms with Gasteiger partial charge >= 0.3 is 0 Å². The molecule has 0 saturated carbocycles. The van der Waals surface area contributed by atoms with Gasteiger partial charge in [-0.15, -0.1) is 0 Å². The molecule has 5 heteroatoms. The van der Waals surface area contributed by atoms with E-state index in [2.05, 4.69) is 26.1 Å². The molecule has 0 amide bonds. The van der Waals surface area contributed by atoms with Crippen LogP contribution in [0.25, 0.3) is 11.5 Å². The maximum atomic E-state index is 5.66. The number of hydrogen-bond acceptors (Lipinski definition) is 4. The van der Waals surface area contributed by atoms with Gasteiger partial charge in [-0.2, -0.15) is 4.98 Å². The minimum absolute atomic E-state index is 0.509. The van der Waals surface area contributed by atoms with Crippen LogP contribution < -0.4 is 5.73 Å². The maximum absolute atomic E-state index is 5.66. The minimum atomic E-state index is 0.509. The van der Waals surface area contributed by atoms with Gasteiger partial charge in [-0.25, -0.2) is 0 Å². The fourth-order valence-electron chi connectivity index (χ4n) is 1.90. The van der Waals surface area contributed by atoms with E-state index in [-0.39, 0.29) is 0 Å². The van der Waals surface area contributed by atoms with Gasteiger partial charge in [-0.3, -0.25) is 0 Å². The highest BCUT2D eigenvalue weighted by molar-refractivity contribution is 9.10. The number of rotatable bonds is 3. The molecule has 0 fully saturated rings. The Labute approximate surface area is 124 Å². The van der Waals surface area contributed by atoms with E-state index in [0.717, 1.165) is 15.6 Å². The average molecular weight is 330 g/mol. The van der Waals surface area contributed by atoms with Crippen LogP contribution in [0, 0.1) is 0 Å². The van der Waals surface area contributed by atoms with Crippen molar-refractivity contribution >= 4 is 21.6 Å². The second kappa shape index (κ2) is 5.46. The van der Waals surface area contributed by atoms with Gasteiger partial charge in [-0.05, 0) is 42.0 Å². The first-order chi connectivity index (χ1) is 9.70. The van der Waals surface area contributed by atoms with Crippen molar-refractivity contribution < 1.29 is 4.52 Å².